The molecular weight excluding hydrogens is 372 g/mol. The van der Waals surface area contributed by atoms with Crippen LogP contribution in [0, 0.1) is 5.92 Å². The van der Waals surface area contributed by atoms with Gasteiger partial charge in [0.2, 0.25) is 0 Å². The van der Waals surface area contributed by atoms with Crippen LogP contribution < -0.4 is 4.90 Å². The molecule has 1 heterocycles. The molecule has 0 unspecified atom stereocenters. The van der Waals surface area contributed by atoms with E-state index < -0.39 is 0 Å². The number of hydrogen-bond acceptors (Lipinski definition) is 2. The van der Waals surface area contributed by atoms with E-state index in [1.165, 1.54) is 11.3 Å². The summed E-state index contributed by atoms with van der Waals surface area (Å²) in [7, 11) is 0. The molecule has 0 radical (unpaired) electrons. The van der Waals surface area contributed by atoms with Gasteiger partial charge in [0.15, 0.2) is 0 Å². The highest BCUT2D eigenvalue weighted by molar-refractivity contribution is 9.10. The van der Waals surface area contributed by atoms with E-state index in [1.54, 1.807) is 0 Å². The molecule has 2 aromatic rings. The number of amidine groups is 1. The first kappa shape index (κ1) is 18.2. The number of hydrogen-bond donors (Lipinski definition) is 0. The third kappa shape index (κ3) is 3.98. The highest BCUT2D eigenvalue weighted by atomic mass is 79.9. The molecule has 0 saturated carbocycles. The summed E-state index contributed by atoms with van der Waals surface area (Å²) in [4.78, 5) is 7.41. The van der Waals surface area contributed by atoms with Crippen LogP contribution in [-0.2, 0) is 5.41 Å². The van der Waals surface area contributed by atoms with Crippen molar-refractivity contribution in [3.63, 3.8) is 0 Å². The summed E-state index contributed by atoms with van der Waals surface area (Å²) in [6.45, 7) is 12.2. The monoisotopic (exact) mass is 398 g/mol. The predicted octanol–water partition coefficient (Wildman–Crippen LogP) is 6.04. The Balaban J connectivity index is 1.97. The van der Waals surface area contributed by atoms with E-state index in [2.05, 4.69) is 104 Å². The van der Waals surface area contributed by atoms with E-state index >= 15 is 0 Å². The van der Waals surface area contributed by atoms with E-state index in [0.29, 0.717) is 12.0 Å². The predicted molar refractivity (Wildman–Crippen MR) is 112 cm³/mol. The molecule has 0 aliphatic carbocycles. The molecule has 0 bridgehead atoms. The molecule has 132 valence electrons. The van der Waals surface area contributed by atoms with Crippen LogP contribution in [0.4, 0.5) is 5.69 Å². The topological polar surface area (TPSA) is 15.6 Å². The first-order valence-corrected chi connectivity index (χ1v) is 9.77. The summed E-state index contributed by atoms with van der Waals surface area (Å²) in [5, 5.41) is 0. The Bertz CT molecular complexity index is 769. The molecule has 0 fully saturated rings. The smallest absolute Gasteiger partial charge is 0.135 e. The van der Waals surface area contributed by atoms with Gasteiger partial charge in [0.25, 0.3) is 0 Å². The van der Waals surface area contributed by atoms with Crippen LogP contribution in [0.5, 0.6) is 0 Å². The maximum absolute atomic E-state index is 5.05. The number of anilines is 1. The van der Waals surface area contributed by atoms with Crippen LogP contribution >= 0.6 is 15.9 Å². The Morgan fingerprint density at radius 1 is 1.08 bits per heavy atom. The van der Waals surface area contributed by atoms with Crippen LogP contribution in [0.1, 0.15) is 45.7 Å². The van der Waals surface area contributed by atoms with Crippen LogP contribution in [-0.4, -0.2) is 18.4 Å². The Hall–Kier alpha value is -1.61. The van der Waals surface area contributed by atoms with E-state index in [4.69, 9.17) is 4.99 Å². The second-order valence-corrected chi connectivity index (χ2v) is 9.10. The number of aliphatic imine (C=N–C) groups is 1. The van der Waals surface area contributed by atoms with E-state index in [0.717, 1.165) is 22.4 Å². The summed E-state index contributed by atoms with van der Waals surface area (Å²) in [5.41, 5.74) is 3.91. The number of benzene rings is 2. The van der Waals surface area contributed by atoms with Crippen molar-refractivity contribution in [1.82, 2.24) is 0 Å². The SMILES string of the molecule is CC(C)[C@@H]1CN(c2ccc(C(C)(C)C)cc2)C(c2cccc(Br)c2)=N1. The van der Waals surface area contributed by atoms with Gasteiger partial charge < -0.3 is 4.90 Å². The standard InChI is InChI=1S/C22H27BrN2/c1-15(2)20-14-25(19-11-9-17(10-12-19)22(3,4)5)21(24-20)16-7-6-8-18(23)13-16/h6-13,15,20H,14H2,1-5H3/t20-/m0/s1. The van der Waals surface area contributed by atoms with Crippen molar-refractivity contribution < 1.29 is 0 Å². The molecule has 3 rings (SSSR count). The molecule has 0 amide bonds. The van der Waals surface area contributed by atoms with Crippen molar-refractivity contribution in [2.45, 2.75) is 46.1 Å². The molecular formula is C22H27BrN2. The zero-order chi connectivity index (χ0) is 18.2. The lowest BCUT2D eigenvalue weighted by Gasteiger charge is -2.24. The number of rotatable bonds is 3. The molecule has 25 heavy (non-hydrogen) atoms. The van der Waals surface area contributed by atoms with Crippen molar-refractivity contribution in [2.24, 2.45) is 10.9 Å². The number of halogens is 1. The highest BCUT2D eigenvalue weighted by Gasteiger charge is 2.29. The third-order valence-corrected chi connectivity index (χ3v) is 5.30. The lowest BCUT2D eigenvalue weighted by Crippen LogP contribution is -2.31. The zero-order valence-electron chi connectivity index (χ0n) is 15.8. The second-order valence-electron chi connectivity index (χ2n) is 8.18. The minimum absolute atomic E-state index is 0.172. The molecule has 0 N–H and O–H groups in total. The van der Waals surface area contributed by atoms with Gasteiger partial charge in [0.1, 0.15) is 5.84 Å². The van der Waals surface area contributed by atoms with Crippen LogP contribution in [0.2, 0.25) is 0 Å². The lowest BCUT2D eigenvalue weighted by atomic mass is 9.87. The Labute approximate surface area is 160 Å². The molecule has 0 saturated heterocycles. The maximum atomic E-state index is 5.05. The summed E-state index contributed by atoms with van der Waals surface area (Å²) in [6.07, 6.45) is 0. The first-order valence-electron chi connectivity index (χ1n) is 8.97. The van der Waals surface area contributed by atoms with Crippen molar-refractivity contribution in [1.29, 1.82) is 0 Å². The fourth-order valence-corrected chi connectivity index (χ4v) is 3.53. The largest absolute Gasteiger partial charge is 0.324 e. The maximum Gasteiger partial charge on any atom is 0.135 e. The number of nitrogens with zero attached hydrogens (tertiary/aromatic N) is 2. The lowest BCUT2D eigenvalue weighted by molar-refractivity contribution is 0.521. The molecule has 0 spiro atoms. The van der Waals surface area contributed by atoms with Gasteiger partial charge >= 0.3 is 0 Å². The average molecular weight is 399 g/mol. The first-order chi connectivity index (χ1) is 11.8. The van der Waals surface area contributed by atoms with Gasteiger partial charge in [-0.15, -0.1) is 0 Å². The van der Waals surface area contributed by atoms with Gasteiger partial charge in [0.05, 0.1) is 6.04 Å². The van der Waals surface area contributed by atoms with Gasteiger partial charge in [-0.3, -0.25) is 4.99 Å². The third-order valence-electron chi connectivity index (χ3n) is 4.81. The normalized spacial score (nSPS) is 18.0. The fraction of sp³-hybridized carbons (Fsp3) is 0.409. The fourth-order valence-electron chi connectivity index (χ4n) is 3.13. The molecule has 2 nitrogen and oxygen atoms in total. The van der Waals surface area contributed by atoms with Crippen molar-refractivity contribution in [2.75, 3.05) is 11.4 Å². The minimum atomic E-state index is 0.172. The van der Waals surface area contributed by atoms with Crippen LogP contribution in [0.15, 0.2) is 58.0 Å². The van der Waals surface area contributed by atoms with Crippen LogP contribution in [0.3, 0.4) is 0 Å². The quantitative estimate of drug-likeness (QED) is 0.615. The highest BCUT2D eigenvalue weighted by Crippen LogP contribution is 2.30. The Kier molecular flexibility index (Phi) is 5.06. The zero-order valence-corrected chi connectivity index (χ0v) is 17.3. The van der Waals surface area contributed by atoms with Crippen molar-refractivity contribution >= 4 is 27.5 Å². The van der Waals surface area contributed by atoms with Crippen molar-refractivity contribution in [3.05, 3.63) is 64.1 Å². The van der Waals surface area contributed by atoms with Gasteiger partial charge in [-0.25, -0.2) is 0 Å². The van der Waals surface area contributed by atoms with Gasteiger partial charge in [-0.2, -0.15) is 0 Å². The Morgan fingerprint density at radius 2 is 1.76 bits per heavy atom. The van der Waals surface area contributed by atoms with Gasteiger partial charge in [-0.05, 0) is 41.2 Å². The molecule has 2 aromatic carbocycles. The van der Waals surface area contributed by atoms with Crippen molar-refractivity contribution in [3.8, 4) is 0 Å². The molecule has 1 aliphatic rings. The van der Waals surface area contributed by atoms with Crippen LogP contribution in [0.25, 0.3) is 0 Å². The minimum Gasteiger partial charge on any atom is -0.324 e. The molecule has 1 atom stereocenters. The van der Waals surface area contributed by atoms with Gasteiger partial charge in [-0.1, -0.05) is 74.8 Å². The van der Waals surface area contributed by atoms with E-state index in [9.17, 15) is 0 Å². The summed E-state index contributed by atoms with van der Waals surface area (Å²) in [6, 6.07) is 17.7. The molecule has 0 aromatic heterocycles. The molecule has 3 heteroatoms. The average Bonchev–Trinajstić information content (AvgIpc) is 3.00. The van der Waals surface area contributed by atoms with E-state index in [1.807, 2.05) is 0 Å². The Morgan fingerprint density at radius 3 is 2.32 bits per heavy atom. The van der Waals surface area contributed by atoms with E-state index in [-0.39, 0.29) is 5.41 Å². The summed E-state index contributed by atoms with van der Waals surface area (Å²) in [5.74, 6) is 1.60. The second kappa shape index (κ2) is 6.95. The molecule has 1 aliphatic heterocycles. The summed E-state index contributed by atoms with van der Waals surface area (Å²) < 4.78 is 1.09. The summed E-state index contributed by atoms with van der Waals surface area (Å²) >= 11 is 3.59. The van der Waals surface area contributed by atoms with Gasteiger partial charge in [0, 0.05) is 22.3 Å².